The van der Waals surface area contributed by atoms with Crippen LogP contribution in [0.2, 0.25) is 0 Å². The molecule has 0 spiro atoms. The molecule has 3 rings (SSSR count). The maximum absolute atomic E-state index is 12.5. The summed E-state index contributed by atoms with van der Waals surface area (Å²) in [5.41, 5.74) is 0. The average Bonchev–Trinajstić information content (AvgIpc) is 3.35. The largest absolute Gasteiger partial charge is 0.342 e. The Hall–Kier alpha value is -1.59. The van der Waals surface area contributed by atoms with Crippen molar-refractivity contribution in [1.82, 2.24) is 14.7 Å². The predicted octanol–water partition coefficient (Wildman–Crippen LogP) is 0.182. The fourth-order valence-electron chi connectivity index (χ4n) is 3.49. The van der Waals surface area contributed by atoms with Crippen molar-refractivity contribution in [2.45, 2.75) is 26.2 Å². The number of piperidine rings is 1. The van der Waals surface area contributed by atoms with Crippen LogP contribution in [0.1, 0.15) is 26.2 Å². The Morgan fingerprint density at radius 2 is 1.36 bits per heavy atom. The number of likely N-dealkylation sites (tertiary alicyclic amines) is 1. The number of amides is 3. The van der Waals surface area contributed by atoms with Crippen LogP contribution in [0, 0.1) is 17.8 Å². The Balaban J connectivity index is 1.48. The minimum Gasteiger partial charge on any atom is -0.342 e. The van der Waals surface area contributed by atoms with Crippen molar-refractivity contribution in [3.63, 3.8) is 0 Å². The van der Waals surface area contributed by atoms with Crippen LogP contribution in [0.4, 0.5) is 0 Å². The average molecular weight is 307 g/mol. The number of rotatable bonds is 3. The van der Waals surface area contributed by atoms with Gasteiger partial charge in [-0.2, -0.15) is 0 Å². The van der Waals surface area contributed by atoms with Gasteiger partial charge in [0.05, 0.1) is 11.8 Å². The zero-order valence-electron chi connectivity index (χ0n) is 13.2. The highest BCUT2D eigenvalue weighted by Crippen LogP contribution is 2.42. The molecule has 2 heterocycles. The van der Waals surface area contributed by atoms with Gasteiger partial charge in [0.15, 0.2) is 0 Å². The van der Waals surface area contributed by atoms with Crippen molar-refractivity contribution in [2.24, 2.45) is 17.8 Å². The Labute approximate surface area is 131 Å². The number of hydrogen-bond acceptors (Lipinski definition) is 3. The van der Waals surface area contributed by atoms with E-state index in [1.165, 1.54) is 0 Å². The van der Waals surface area contributed by atoms with Crippen LogP contribution in [0.25, 0.3) is 0 Å². The summed E-state index contributed by atoms with van der Waals surface area (Å²) in [4.78, 5) is 41.1. The van der Waals surface area contributed by atoms with Gasteiger partial charge in [-0.05, 0) is 25.2 Å². The van der Waals surface area contributed by atoms with Crippen molar-refractivity contribution < 1.29 is 14.4 Å². The lowest BCUT2D eigenvalue weighted by atomic mass is 9.99. The van der Waals surface area contributed by atoms with E-state index in [1.54, 1.807) is 4.90 Å². The summed E-state index contributed by atoms with van der Waals surface area (Å²) in [6.07, 6.45) is 3.69. The quantitative estimate of drug-likeness (QED) is 0.699. The molecule has 22 heavy (non-hydrogen) atoms. The smallest absolute Gasteiger partial charge is 0.226 e. The van der Waals surface area contributed by atoms with Crippen LogP contribution in [0.15, 0.2) is 0 Å². The Kier molecular flexibility index (Phi) is 4.36. The molecule has 0 N–H and O–H groups in total. The normalized spacial score (nSPS) is 29.4. The maximum atomic E-state index is 12.5. The van der Waals surface area contributed by atoms with Gasteiger partial charge >= 0.3 is 0 Å². The minimum atomic E-state index is -0.116. The molecule has 2 atom stereocenters. The van der Waals surface area contributed by atoms with Gasteiger partial charge < -0.3 is 14.7 Å². The summed E-state index contributed by atoms with van der Waals surface area (Å²) in [5, 5.41) is 0. The second-order valence-electron chi connectivity index (χ2n) is 6.92. The van der Waals surface area contributed by atoms with E-state index in [1.807, 2.05) is 9.80 Å². The predicted molar refractivity (Wildman–Crippen MR) is 80.8 cm³/mol. The summed E-state index contributed by atoms with van der Waals surface area (Å²) in [5.74, 6) is 0.778. The fraction of sp³-hybridized carbons (Fsp3) is 0.812. The molecule has 3 fully saturated rings. The van der Waals surface area contributed by atoms with Gasteiger partial charge in [-0.3, -0.25) is 14.4 Å². The standard InChI is InChI=1S/C16H25N3O3/c1-12-2-4-18(5-3-12)15(21)13-10-14(13)16(22)19-8-6-17(11-20)7-9-19/h11-14H,2-10H2,1H3. The first-order chi connectivity index (χ1) is 10.6. The zero-order chi connectivity index (χ0) is 15.7. The van der Waals surface area contributed by atoms with E-state index in [0.29, 0.717) is 38.5 Å². The SMILES string of the molecule is CC1CCN(C(=O)C2CC2C(=O)N2CCN(C=O)CC2)CC1. The molecule has 2 saturated heterocycles. The lowest BCUT2D eigenvalue weighted by Crippen LogP contribution is -2.49. The lowest BCUT2D eigenvalue weighted by Gasteiger charge is -2.33. The van der Waals surface area contributed by atoms with E-state index in [-0.39, 0.29) is 23.7 Å². The van der Waals surface area contributed by atoms with Gasteiger partial charge in [0, 0.05) is 39.3 Å². The minimum absolute atomic E-state index is 0.0926. The van der Waals surface area contributed by atoms with E-state index < -0.39 is 0 Å². The third-order valence-electron chi connectivity index (χ3n) is 5.30. The highest BCUT2D eigenvalue weighted by molar-refractivity contribution is 5.92. The van der Waals surface area contributed by atoms with Gasteiger partial charge in [0.2, 0.25) is 18.2 Å². The third-order valence-corrected chi connectivity index (χ3v) is 5.30. The first kappa shape index (κ1) is 15.3. The lowest BCUT2D eigenvalue weighted by molar-refractivity contribution is -0.140. The monoisotopic (exact) mass is 307 g/mol. The Morgan fingerprint density at radius 3 is 1.86 bits per heavy atom. The molecule has 0 aromatic carbocycles. The van der Waals surface area contributed by atoms with E-state index in [4.69, 9.17) is 0 Å². The second-order valence-corrected chi connectivity index (χ2v) is 6.92. The van der Waals surface area contributed by atoms with Gasteiger partial charge in [0.1, 0.15) is 0 Å². The number of piperazine rings is 1. The highest BCUT2D eigenvalue weighted by Gasteiger charge is 2.51. The molecule has 3 amide bonds. The molecule has 1 aliphatic carbocycles. The molecular formula is C16H25N3O3. The second kappa shape index (κ2) is 6.26. The first-order valence-electron chi connectivity index (χ1n) is 8.37. The van der Waals surface area contributed by atoms with Crippen LogP contribution in [-0.4, -0.2) is 72.2 Å². The van der Waals surface area contributed by atoms with Crippen LogP contribution in [0.3, 0.4) is 0 Å². The molecule has 6 nitrogen and oxygen atoms in total. The Morgan fingerprint density at radius 1 is 0.864 bits per heavy atom. The van der Waals surface area contributed by atoms with Gasteiger partial charge in [-0.1, -0.05) is 6.92 Å². The fourth-order valence-corrected chi connectivity index (χ4v) is 3.49. The van der Waals surface area contributed by atoms with Gasteiger partial charge in [-0.15, -0.1) is 0 Å². The summed E-state index contributed by atoms with van der Waals surface area (Å²) in [6.45, 7) is 6.30. The van der Waals surface area contributed by atoms with Crippen LogP contribution < -0.4 is 0 Å². The molecule has 0 aromatic rings. The molecule has 6 heteroatoms. The van der Waals surface area contributed by atoms with E-state index >= 15 is 0 Å². The number of hydrogen-bond donors (Lipinski definition) is 0. The molecular weight excluding hydrogens is 282 g/mol. The molecule has 0 aromatic heterocycles. The van der Waals surface area contributed by atoms with Crippen molar-refractivity contribution in [3.8, 4) is 0 Å². The van der Waals surface area contributed by atoms with E-state index in [0.717, 1.165) is 32.3 Å². The van der Waals surface area contributed by atoms with Crippen LogP contribution in [0.5, 0.6) is 0 Å². The number of carbonyl (C=O) groups is 3. The summed E-state index contributed by atoms with van der Waals surface area (Å²) in [6, 6.07) is 0. The molecule has 2 aliphatic heterocycles. The van der Waals surface area contributed by atoms with Crippen molar-refractivity contribution >= 4 is 18.2 Å². The molecule has 122 valence electrons. The third kappa shape index (κ3) is 3.10. The maximum Gasteiger partial charge on any atom is 0.226 e. The molecule has 3 aliphatic rings. The van der Waals surface area contributed by atoms with Crippen molar-refractivity contribution in [3.05, 3.63) is 0 Å². The van der Waals surface area contributed by atoms with Crippen molar-refractivity contribution in [2.75, 3.05) is 39.3 Å². The number of carbonyl (C=O) groups excluding carboxylic acids is 3. The zero-order valence-corrected chi connectivity index (χ0v) is 13.2. The van der Waals surface area contributed by atoms with E-state index in [9.17, 15) is 14.4 Å². The number of nitrogens with zero attached hydrogens (tertiary/aromatic N) is 3. The summed E-state index contributed by atoms with van der Waals surface area (Å²) >= 11 is 0. The van der Waals surface area contributed by atoms with Gasteiger partial charge in [-0.25, -0.2) is 0 Å². The van der Waals surface area contributed by atoms with Crippen LogP contribution >= 0.6 is 0 Å². The Bertz CT molecular complexity index is 452. The van der Waals surface area contributed by atoms with Crippen LogP contribution in [-0.2, 0) is 14.4 Å². The summed E-state index contributed by atoms with van der Waals surface area (Å²) < 4.78 is 0. The molecule has 1 saturated carbocycles. The molecule has 0 bridgehead atoms. The first-order valence-corrected chi connectivity index (χ1v) is 8.37. The topological polar surface area (TPSA) is 60.9 Å². The molecule has 2 unspecified atom stereocenters. The van der Waals surface area contributed by atoms with Gasteiger partial charge in [0.25, 0.3) is 0 Å². The summed E-state index contributed by atoms with van der Waals surface area (Å²) in [7, 11) is 0. The molecule has 0 radical (unpaired) electrons. The highest BCUT2D eigenvalue weighted by atomic mass is 16.2. The van der Waals surface area contributed by atoms with Crippen molar-refractivity contribution in [1.29, 1.82) is 0 Å². The van der Waals surface area contributed by atoms with E-state index in [2.05, 4.69) is 6.92 Å².